The molecular weight excluding hydrogens is 398 g/mol. The van der Waals surface area contributed by atoms with Gasteiger partial charge in [0, 0.05) is 36.3 Å². The van der Waals surface area contributed by atoms with E-state index in [1.54, 1.807) is 12.0 Å². The summed E-state index contributed by atoms with van der Waals surface area (Å²) in [6.45, 7) is 6.48. The average molecular weight is 424 g/mol. The van der Waals surface area contributed by atoms with Crippen LogP contribution in [0.2, 0.25) is 0 Å². The molecule has 0 atom stereocenters. The molecule has 9 nitrogen and oxygen atoms in total. The molecular formula is C22H26N5O4+. The topological polar surface area (TPSA) is 127 Å². The lowest BCUT2D eigenvalue weighted by Gasteiger charge is -2.30. The molecule has 162 valence electrons. The van der Waals surface area contributed by atoms with Crippen molar-refractivity contribution >= 4 is 34.4 Å². The number of nitrogens with zero attached hydrogens (tertiary/aromatic N) is 2. The first-order valence-electron chi connectivity index (χ1n) is 10.0. The minimum absolute atomic E-state index is 0.235. The van der Waals surface area contributed by atoms with Gasteiger partial charge in [-0.25, -0.2) is 15.2 Å². The van der Waals surface area contributed by atoms with Crippen LogP contribution in [0.15, 0.2) is 34.7 Å². The van der Waals surface area contributed by atoms with E-state index >= 15 is 0 Å². The molecule has 0 unspecified atom stereocenters. The third-order valence-corrected chi connectivity index (χ3v) is 5.29. The number of fused-ring (bicyclic) bond motifs is 1. The zero-order valence-electron chi connectivity index (χ0n) is 18.0. The second-order valence-electron chi connectivity index (χ2n) is 8.49. The van der Waals surface area contributed by atoms with E-state index in [2.05, 4.69) is 31.1 Å². The van der Waals surface area contributed by atoms with Crippen molar-refractivity contribution in [3.05, 3.63) is 35.9 Å². The largest absolute Gasteiger partial charge is 0.496 e. The van der Waals surface area contributed by atoms with Crippen LogP contribution in [0.3, 0.4) is 0 Å². The monoisotopic (exact) mass is 424 g/mol. The van der Waals surface area contributed by atoms with Crippen molar-refractivity contribution in [2.45, 2.75) is 32.6 Å². The first kappa shape index (κ1) is 20.8. The summed E-state index contributed by atoms with van der Waals surface area (Å²) in [5, 5.41) is 2.37. The summed E-state index contributed by atoms with van der Waals surface area (Å²) in [4.78, 5) is 30.3. The molecule has 1 fully saturated rings. The number of anilines is 1. The van der Waals surface area contributed by atoms with E-state index in [1.807, 2.05) is 30.3 Å². The Bertz CT molecular complexity index is 1180. The number of imide groups is 1. The Morgan fingerprint density at radius 1 is 1.23 bits per heavy atom. The van der Waals surface area contributed by atoms with E-state index < -0.39 is 6.03 Å². The number of aromatic nitrogens is 1. The van der Waals surface area contributed by atoms with Gasteiger partial charge >= 0.3 is 6.03 Å². The highest BCUT2D eigenvalue weighted by Gasteiger charge is 2.30. The summed E-state index contributed by atoms with van der Waals surface area (Å²) in [5.41, 5.74) is 5.50. The highest BCUT2D eigenvalue weighted by atomic mass is 16.5. The van der Waals surface area contributed by atoms with Crippen LogP contribution in [0, 0.1) is 0 Å². The van der Waals surface area contributed by atoms with Gasteiger partial charge in [0.1, 0.15) is 11.3 Å². The third-order valence-electron chi connectivity index (χ3n) is 5.29. The maximum absolute atomic E-state index is 12.5. The van der Waals surface area contributed by atoms with Gasteiger partial charge in [-0.3, -0.25) is 15.0 Å². The lowest BCUT2D eigenvalue weighted by molar-refractivity contribution is -0.584. The molecule has 2 heterocycles. The number of nitrogens with one attached hydrogen (secondary N) is 1. The van der Waals surface area contributed by atoms with Crippen molar-refractivity contribution in [3.63, 3.8) is 0 Å². The molecule has 1 aromatic heterocycles. The van der Waals surface area contributed by atoms with Crippen LogP contribution >= 0.6 is 0 Å². The zero-order chi connectivity index (χ0) is 22.3. The Morgan fingerprint density at radius 2 is 2.00 bits per heavy atom. The molecule has 1 saturated heterocycles. The normalized spacial score (nSPS) is 14.8. The Kier molecular flexibility index (Phi) is 5.16. The second kappa shape index (κ2) is 7.68. The summed E-state index contributed by atoms with van der Waals surface area (Å²) < 4.78 is 11.8. The summed E-state index contributed by atoms with van der Waals surface area (Å²) in [6.07, 6.45) is 0.235. The number of carbonyl (C=O) groups is 2. The first-order chi connectivity index (χ1) is 14.7. The number of hydrogen-bond donors (Lipinski definition) is 3. The maximum Gasteiger partial charge on any atom is 0.328 e. The molecule has 5 N–H and O–H groups in total. The van der Waals surface area contributed by atoms with Gasteiger partial charge in [-0.15, -0.1) is 0 Å². The van der Waals surface area contributed by atoms with E-state index in [0.29, 0.717) is 40.5 Å². The summed E-state index contributed by atoms with van der Waals surface area (Å²) in [7, 11) is 1.60. The molecule has 31 heavy (non-hydrogen) atoms. The number of urea groups is 1. The van der Waals surface area contributed by atoms with Gasteiger partial charge in [-0.2, -0.15) is 5.84 Å². The fourth-order valence-corrected chi connectivity index (χ4v) is 3.68. The van der Waals surface area contributed by atoms with Crippen LogP contribution in [-0.2, 0) is 10.2 Å². The minimum atomic E-state index is -0.451. The molecule has 0 aliphatic carbocycles. The number of hydrogen-bond acceptors (Lipinski definition) is 6. The fourth-order valence-electron chi connectivity index (χ4n) is 3.68. The predicted octanol–water partition coefficient (Wildman–Crippen LogP) is 2.32. The number of rotatable bonds is 4. The number of amides is 3. The van der Waals surface area contributed by atoms with Crippen molar-refractivity contribution < 1.29 is 24.2 Å². The maximum atomic E-state index is 12.5. The molecule has 9 heteroatoms. The van der Waals surface area contributed by atoms with Crippen molar-refractivity contribution in [2.24, 2.45) is 5.84 Å². The van der Waals surface area contributed by atoms with Gasteiger partial charge < -0.3 is 9.15 Å². The van der Waals surface area contributed by atoms with E-state index in [0.717, 1.165) is 11.3 Å². The average Bonchev–Trinajstić information content (AvgIpc) is 3.15. The van der Waals surface area contributed by atoms with Crippen molar-refractivity contribution in [1.29, 1.82) is 0 Å². The van der Waals surface area contributed by atoms with Crippen molar-refractivity contribution in [1.82, 2.24) is 10.3 Å². The second-order valence-corrected chi connectivity index (χ2v) is 8.49. The number of ether oxygens (including phenoxy) is 1. The quantitative estimate of drug-likeness (QED) is 0.335. The van der Waals surface area contributed by atoms with Crippen LogP contribution in [0.1, 0.15) is 32.8 Å². The lowest BCUT2D eigenvalue weighted by atomic mass is 9.84. The predicted molar refractivity (Wildman–Crippen MR) is 116 cm³/mol. The van der Waals surface area contributed by atoms with E-state index in [1.165, 1.54) is 5.43 Å². The van der Waals surface area contributed by atoms with Gasteiger partial charge in [-0.1, -0.05) is 20.8 Å². The molecule has 0 spiro atoms. The fraction of sp³-hybridized carbons (Fsp3) is 0.318. The van der Waals surface area contributed by atoms with Gasteiger partial charge in [0.25, 0.3) is 0 Å². The summed E-state index contributed by atoms with van der Waals surface area (Å²) in [6, 6.07) is 8.78. The molecule has 2 aromatic carbocycles. The Balaban J connectivity index is 1.92. The standard InChI is InChI=1S/C22H25N5O4/c1-22(2,3)15-11-13(27-8-7-18(28)25-21(27)29)10-14(19(15)30-4)20-24-16-9-12(26-23)5-6-17(16)31-20/h5-6,9-11,26H,7-8,23H2,1-4H3,(H,25,28,29)/p+1. The van der Waals surface area contributed by atoms with Crippen LogP contribution in [-0.4, -0.2) is 30.6 Å². The smallest absolute Gasteiger partial charge is 0.328 e. The number of quaternary nitrogens is 1. The van der Waals surface area contributed by atoms with Gasteiger partial charge in [-0.05, 0) is 23.6 Å². The summed E-state index contributed by atoms with van der Waals surface area (Å²) in [5.74, 6) is 6.35. The third kappa shape index (κ3) is 3.85. The van der Waals surface area contributed by atoms with Crippen LogP contribution in [0.4, 0.5) is 16.2 Å². The molecule has 1 aliphatic heterocycles. The van der Waals surface area contributed by atoms with Gasteiger partial charge in [0.15, 0.2) is 11.3 Å². The number of carbonyl (C=O) groups excluding carboxylic acids is 2. The van der Waals surface area contributed by atoms with E-state index in [-0.39, 0.29) is 17.7 Å². The number of benzene rings is 2. The molecule has 0 radical (unpaired) electrons. The van der Waals surface area contributed by atoms with Crippen LogP contribution in [0.5, 0.6) is 5.75 Å². The lowest BCUT2D eigenvalue weighted by Crippen LogP contribution is -2.85. The van der Waals surface area contributed by atoms with Gasteiger partial charge in [0.2, 0.25) is 11.8 Å². The van der Waals surface area contributed by atoms with Crippen molar-refractivity contribution in [2.75, 3.05) is 18.6 Å². The Hall–Kier alpha value is -3.43. The first-order valence-corrected chi connectivity index (χ1v) is 10.0. The molecule has 4 rings (SSSR count). The minimum Gasteiger partial charge on any atom is -0.496 e. The molecule has 3 aromatic rings. The Morgan fingerprint density at radius 3 is 2.65 bits per heavy atom. The highest BCUT2D eigenvalue weighted by Crippen LogP contribution is 2.43. The number of oxazole rings is 1. The zero-order valence-corrected chi connectivity index (χ0v) is 18.0. The number of nitrogens with two attached hydrogens (primary N) is 2. The molecule has 1 aliphatic rings. The van der Waals surface area contributed by atoms with E-state index in [9.17, 15) is 9.59 Å². The van der Waals surface area contributed by atoms with Crippen LogP contribution in [0.25, 0.3) is 22.6 Å². The molecule has 0 saturated carbocycles. The van der Waals surface area contributed by atoms with Crippen LogP contribution < -0.4 is 26.2 Å². The van der Waals surface area contributed by atoms with E-state index in [4.69, 9.17) is 15.0 Å². The Labute approximate surface area is 179 Å². The molecule has 3 amide bonds. The number of methoxy groups -OCH3 is 1. The highest BCUT2D eigenvalue weighted by molar-refractivity contribution is 6.06. The van der Waals surface area contributed by atoms with Crippen molar-refractivity contribution in [3.8, 4) is 17.2 Å². The molecule has 0 bridgehead atoms. The summed E-state index contributed by atoms with van der Waals surface area (Å²) >= 11 is 0. The SMILES string of the molecule is COc1c(-c2nc3cc([NH2+]N)ccc3o2)cc(N2CCC(=O)NC2=O)cc1C(C)(C)C. The van der Waals surface area contributed by atoms with Gasteiger partial charge in [0.05, 0.1) is 12.7 Å².